The van der Waals surface area contributed by atoms with E-state index in [1.807, 2.05) is 47.4 Å². The molecule has 1 aromatic carbocycles. The average Bonchev–Trinajstić information content (AvgIpc) is 2.96. The summed E-state index contributed by atoms with van der Waals surface area (Å²) in [5.41, 5.74) is 7.54. The van der Waals surface area contributed by atoms with E-state index in [-0.39, 0.29) is 24.1 Å². The second-order valence-corrected chi connectivity index (χ2v) is 9.97. The van der Waals surface area contributed by atoms with E-state index in [2.05, 4.69) is 27.1 Å². The van der Waals surface area contributed by atoms with Gasteiger partial charge in [-0.05, 0) is 55.6 Å². The van der Waals surface area contributed by atoms with Gasteiger partial charge in [-0.2, -0.15) is 0 Å². The number of ether oxygens (including phenoxy) is 1. The van der Waals surface area contributed by atoms with Gasteiger partial charge in [-0.15, -0.1) is 0 Å². The standard InChI is InChI=1S/C30H42N6O4/c1-3-20-40-26-12-10-24(11-13-26)21-28(33-23(2)37)29(38)34-27(9-4-6-14-31)30(39)36-18-16-35(17-19-36)22-25-8-5-7-15-32-25/h3,5,7-8,10-13,15,27-28H,1,4,6,9,14,16-22,31H2,2H3,(H,33,37)(H,34,38)/t27-,28-/m0/s1. The Morgan fingerprint density at radius 1 is 1.05 bits per heavy atom. The third-order valence-corrected chi connectivity index (χ3v) is 6.78. The first-order valence-electron chi connectivity index (χ1n) is 13.9. The highest BCUT2D eigenvalue weighted by atomic mass is 16.5. The zero-order valence-corrected chi connectivity index (χ0v) is 23.4. The Bertz CT molecular complexity index is 1090. The Hall–Kier alpha value is -3.76. The highest BCUT2D eigenvalue weighted by Gasteiger charge is 2.31. The molecule has 0 bridgehead atoms. The predicted octanol–water partition coefficient (Wildman–Crippen LogP) is 1.65. The van der Waals surface area contributed by atoms with Crippen LogP contribution >= 0.6 is 0 Å². The Kier molecular flexibility index (Phi) is 12.6. The molecule has 0 aliphatic carbocycles. The van der Waals surface area contributed by atoms with Crippen molar-refractivity contribution in [3.63, 3.8) is 0 Å². The van der Waals surface area contributed by atoms with Crippen LogP contribution in [0.4, 0.5) is 0 Å². The van der Waals surface area contributed by atoms with Crippen molar-refractivity contribution in [2.24, 2.45) is 5.73 Å². The summed E-state index contributed by atoms with van der Waals surface area (Å²) in [5.74, 6) is -0.119. The first-order chi connectivity index (χ1) is 19.4. The second kappa shape index (κ2) is 16.4. The number of carbonyl (C=O) groups is 3. The maximum atomic E-state index is 13.6. The number of unbranched alkanes of at least 4 members (excludes halogenated alkanes) is 1. The van der Waals surface area contributed by atoms with Gasteiger partial charge in [-0.25, -0.2) is 0 Å². The molecule has 1 saturated heterocycles. The number of amides is 3. The van der Waals surface area contributed by atoms with Gasteiger partial charge in [-0.1, -0.05) is 30.9 Å². The number of rotatable bonds is 15. The molecular weight excluding hydrogens is 508 g/mol. The van der Waals surface area contributed by atoms with Gasteiger partial charge in [0.2, 0.25) is 17.7 Å². The SMILES string of the molecule is C=CCOc1ccc(C[C@H](NC(C)=O)C(=O)N[C@@H](CCCCN)C(=O)N2CCN(Cc3ccccn3)CC2)cc1. The van der Waals surface area contributed by atoms with Gasteiger partial charge in [0.1, 0.15) is 24.4 Å². The topological polar surface area (TPSA) is 130 Å². The molecule has 0 saturated carbocycles. The van der Waals surface area contributed by atoms with E-state index < -0.39 is 12.1 Å². The lowest BCUT2D eigenvalue weighted by Crippen LogP contribution is -2.57. The Morgan fingerprint density at radius 3 is 2.42 bits per heavy atom. The smallest absolute Gasteiger partial charge is 0.245 e. The van der Waals surface area contributed by atoms with Crippen LogP contribution in [-0.2, 0) is 27.3 Å². The quantitative estimate of drug-likeness (QED) is 0.227. The van der Waals surface area contributed by atoms with Crippen molar-refractivity contribution in [1.82, 2.24) is 25.4 Å². The molecule has 1 aliphatic rings. The number of benzene rings is 1. The average molecular weight is 551 g/mol. The normalized spacial score (nSPS) is 15.1. The van der Waals surface area contributed by atoms with Crippen molar-refractivity contribution in [1.29, 1.82) is 0 Å². The first-order valence-corrected chi connectivity index (χ1v) is 13.9. The molecule has 10 heteroatoms. The molecular formula is C30H42N6O4. The third-order valence-electron chi connectivity index (χ3n) is 6.78. The Morgan fingerprint density at radius 2 is 1.80 bits per heavy atom. The van der Waals surface area contributed by atoms with Gasteiger partial charge in [0.05, 0.1) is 5.69 Å². The molecule has 216 valence electrons. The van der Waals surface area contributed by atoms with E-state index in [0.29, 0.717) is 44.8 Å². The largest absolute Gasteiger partial charge is 0.490 e. The summed E-state index contributed by atoms with van der Waals surface area (Å²) in [6, 6.07) is 11.7. The van der Waals surface area contributed by atoms with Crippen LogP contribution < -0.4 is 21.1 Å². The fourth-order valence-corrected chi connectivity index (χ4v) is 4.66. The minimum atomic E-state index is -0.822. The number of pyridine rings is 1. The molecule has 1 aliphatic heterocycles. The zero-order chi connectivity index (χ0) is 28.7. The van der Waals surface area contributed by atoms with E-state index in [9.17, 15) is 14.4 Å². The molecule has 1 fully saturated rings. The molecule has 0 radical (unpaired) electrons. The maximum absolute atomic E-state index is 13.6. The van der Waals surface area contributed by atoms with Crippen LogP contribution in [0.25, 0.3) is 0 Å². The number of hydrogen-bond donors (Lipinski definition) is 3. The molecule has 1 aromatic heterocycles. The van der Waals surface area contributed by atoms with E-state index in [1.54, 1.807) is 12.3 Å². The summed E-state index contributed by atoms with van der Waals surface area (Å²) < 4.78 is 5.52. The molecule has 40 heavy (non-hydrogen) atoms. The van der Waals surface area contributed by atoms with E-state index in [4.69, 9.17) is 10.5 Å². The maximum Gasteiger partial charge on any atom is 0.245 e. The van der Waals surface area contributed by atoms with Gasteiger partial charge >= 0.3 is 0 Å². The number of carbonyl (C=O) groups excluding carboxylic acids is 3. The van der Waals surface area contributed by atoms with Crippen LogP contribution in [-0.4, -0.2) is 83.9 Å². The Labute approximate surface area is 237 Å². The van der Waals surface area contributed by atoms with E-state index >= 15 is 0 Å². The highest BCUT2D eigenvalue weighted by Crippen LogP contribution is 2.15. The highest BCUT2D eigenvalue weighted by molar-refractivity contribution is 5.92. The zero-order valence-electron chi connectivity index (χ0n) is 23.4. The number of aromatic nitrogens is 1. The van der Waals surface area contributed by atoms with E-state index in [0.717, 1.165) is 37.3 Å². The number of nitrogens with one attached hydrogen (secondary N) is 2. The molecule has 2 atom stereocenters. The van der Waals surface area contributed by atoms with Gasteiger partial charge < -0.3 is 26.0 Å². The van der Waals surface area contributed by atoms with Crippen molar-refractivity contribution in [2.75, 3.05) is 39.3 Å². The summed E-state index contributed by atoms with van der Waals surface area (Å²) >= 11 is 0. The van der Waals surface area contributed by atoms with Crippen molar-refractivity contribution in [3.05, 3.63) is 72.6 Å². The fraction of sp³-hybridized carbons (Fsp3) is 0.467. The molecule has 0 unspecified atom stereocenters. The van der Waals surface area contributed by atoms with Crippen molar-refractivity contribution in [2.45, 2.75) is 51.2 Å². The molecule has 2 heterocycles. The van der Waals surface area contributed by atoms with E-state index in [1.165, 1.54) is 6.92 Å². The van der Waals surface area contributed by atoms with Gasteiger partial charge in [0, 0.05) is 52.3 Å². The van der Waals surface area contributed by atoms with Gasteiger partial charge in [-0.3, -0.25) is 24.3 Å². The minimum Gasteiger partial charge on any atom is -0.490 e. The summed E-state index contributed by atoms with van der Waals surface area (Å²) in [7, 11) is 0. The Balaban J connectivity index is 1.63. The lowest BCUT2D eigenvalue weighted by atomic mass is 10.0. The van der Waals surface area contributed by atoms with Gasteiger partial charge in [0.15, 0.2) is 0 Å². The van der Waals surface area contributed by atoms with Crippen LogP contribution in [0.2, 0.25) is 0 Å². The number of hydrogen-bond acceptors (Lipinski definition) is 7. The monoisotopic (exact) mass is 550 g/mol. The number of piperazine rings is 1. The third kappa shape index (κ3) is 10.1. The van der Waals surface area contributed by atoms with Crippen LogP contribution in [0.5, 0.6) is 5.75 Å². The molecule has 2 aromatic rings. The van der Waals surface area contributed by atoms with Crippen molar-refractivity contribution < 1.29 is 19.1 Å². The molecule has 10 nitrogen and oxygen atoms in total. The lowest BCUT2D eigenvalue weighted by molar-refractivity contribution is -0.139. The summed E-state index contributed by atoms with van der Waals surface area (Å²) in [6.45, 7) is 9.27. The van der Waals surface area contributed by atoms with Crippen LogP contribution in [0.1, 0.15) is 37.4 Å². The molecule has 3 amide bonds. The lowest BCUT2D eigenvalue weighted by Gasteiger charge is -2.36. The van der Waals surface area contributed by atoms with Crippen molar-refractivity contribution >= 4 is 17.7 Å². The van der Waals surface area contributed by atoms with Crippen LogP contribution in [0.3, 0.4) is 0 Å². The van der Waals surface area contributed by atoms with Crippen LogP contribution in [0, 0.1) is 0 Å². The minimum absolute atomic E-state index is 0.104. The fourth-order valence-electron chi connectivity index (χ4n) is 4.66. The summed E-state index contributed by atoms with van der Waals surface area (Å²) in [6.07, 6.45) is 5.68. The molecule has 4 N–H and O–H groups in total. The number of nitrogens with zero attached hydrogens (tertiary/aromatic N) is 3. The second-order valence-electron chi connectivity index (χ2n) is 9.97. The molecule has 3 rings (SSSR count). The van der Waals surface area contributed by atoms with Gasteiger partial charge in [0.25, 0.3) is 0 Å². The molecule has 0 spiro atoms. The van der Waals surface area contributed by atoms with Crippen molar-refractivity contribution in [3.8, 4) is 5.75 Å². The first kappa shape index (κ1) is 30.8. The summed E-state index contributed by atoms with van der Waals surface area (Å²) in [5, 5.41) is 5.69. The summed E-state index contributed by atoms with van der Waals surface area (Å²) in [4.78, 5) is 47.4. The predicted molar refractivity (Wildman–Crippen MR) is 154 cm³/mol. The van der Waals surface area contributed by atoms with Crippen LogP contribution in [0.15, 0.2) is 61.3 Å². The number of nitrogens with two attached hydrogens (primary N) is 1.